The first kappa shape index (κ1) is 14.0. The number of nitrogens with zero attached hydrogens (tertiary/aromatic N) is 2. The standard InChI is InChI=1S/C13H8Cl2N2OS/c14-10-4-1-5-11(15)13(10)19(18)8-9-3-2-6-17-12(9)7-16/h1-6H,8H2. The zero-order valence-corrected chi connectivity index (χ0v) is 12.0. The molecule has 19 heavy (non-hydrogen) atoms. The summed E-state index contributed by atoms with van der Waals surface area (Å²) >= 11 is 12.0. The molecule has 1 unspecified atom stereocenters. The fourth-order valence-corrected chi connectivity index (χ4v) is 3.71. The zero-order chi connectivity index (χ0) is 13.8. The molecule has 0 bridgehead atoms. The minimum atomic E-state index is -1.42. The third kappa shape index (κ3) is 3.13. The second kappa shape index (κ2) is 6.16. The van der Waals surface area contributed by atoms with Crippen LogP contribution in [0.4, 0.5) is 0 Å². The molecule has 1 atom stereocenters. The summed E-state index contributed by atoms with van der Waals surface area (Å²) in [5.41, 5.74) is 0.873. The lowest BCUT2D eigenvalue weighted by atomic mass is 10.2. The Balaban J connectivity index is 2.35. The van der Waals surface area contributed by atoms with Crippen molar-refractivity contribution in [2.75, 3.05) is 0 Å². The van der Waals surface area contributed by atoms with Gasteiger partial charge in [-0.1, -0.05) is 35.3 Å². The highest BCUT2D eigenvalue weighted by Crippen LogP contribution is 2.29. The van der Waals surface area contributed by atoms with Crippen LogP contribution >= 0.6 is 23.2 Å². The molecule has 0 fully saturated rings. The van der Waals surface area contributed by atoms with E-state index in [1.54, 1.807) is 30.3 Å². The molecule has 0 saturated carbocycles. The average Bonchev–Trinajstić information content (AvgIpc) is 2.39. The van der Waals surface area contributed by atoms with Crippen molar-refractivity contribution in [1.29, 1.82) is 5.26 Å². The Morgan fingerprint density at radius 3 is 2.53 bits per heavy atom. The molecule has 2 rings (SSSR count). The topological polar surface area (TPSA) is 53.8 Å². The van der Waals surface area contributed by atoms with Gasteiger partial charge < -0.3 is 0 Å². The summed E-state index contributed by atoms with van der Waals surface area (Å²) in [5.74, 6) is 0.153. The highest BCUT2D eigenvalue weighted by atomic mass is 35.5. The molecule has 3 nitrogen and oxygen atoms in total. The Morgan fingerprint density at radius 2 is 1.89 bits per heavy atom. The van der Waals surface area contributed by atoms with E-state index in [4.69, 9.17) is 28.5 Å². The largest absolute Gasteiger partial charge is 0.254 e. The molecule has 2 aromatic rings. The number of pyridine rings is 1. The number of halogens is 2. The normalized spacial score (nSPS) is 11.8. The molecular formula is C13H8Cl2N2OS. The number of rotatable bonds is 3. The molecule has 0 aliphatic heterocycles. The van der Waals surface area contributed by atoms with Crippen molar-refractivity contribution in [2.24, 2.45) is 0 Å². The van der Waals surface area contributed by atoms with Gasteiger partial charge in [0.1, 0.15) is 11.8 Å². The van der Waals surface area contributed by atoms with Crippen LogP contribution in [-0.2, 0) is 16.6 Å². The minimum Gasteiger partial charge on any atom is -0.254 e. The van der Waals surface area contributed by atoms with Gasteiger partial charge in [0, 0.05) is 11.8 Å². The van der Waals surface area contributed by atoms with Crippen LogP contribution in [0.5, 0.6) is 0 Å². The zero-order valence-electron chi connectivity index (χ0n) is 9.64. The van der Waals surface area contributed by atoms with E-state index < -0.39 is 10.8 Å². The van der Waals surface area contributed by atoms with Gasteiger partial charge in [-0.2, -0.15) is 5.26 Å². The first-order chi connectivity index (χ1) is 9.13. The Kier molecular flexibility index (Phi) is 4.54. The van der Waals surface area contributed by atoms with Gasteiger partial charge in [0.2, 0.25) is 0 Å². The van der Waals surface area contributed by atoms with Crippen molar-refractivity contribution in [3.63, 3.8) is 0 Å². The van der Waals surface area contributed by atoms with E-state index in [2.05, 4.69) is 4.98 Å². The Labute approximate surface area is 123 Å². The summed E-state index contributed by atoms with van der Waals surface area (Å²) < 4.78 is 12.3. The van der Waals surface area contributed by atoms with Crippen LogP contribution in [0.15, 0.2) is 41.4 Å². The monoisotopic (exact) mass is 310 g/mol. The van der Waals surface area contributed by atoms with Crippen LogP contribution in [0.1, 0.15) is 11.3 Å². The van der Waals surface area contributed by atoms with Crippen molar-refractivity contribution in [3.05, 3.63) is 57.8 Å². The maximum Gasteiger partial charge on any atom is 0.144 e. The van der Waals surface area contributed by atoms with Crippen LogP contribution < -0.4 is 0 Å². The number of aromatic nitrogens is 1. The Hall–Kier alpha value is -1.41. The van der Waals surface area contributed by atoms with Crippen LogP contribution in [0, 0.1) is 11.3 Å². The van der Waals surface area contributed by atoms with Crippen LogP contribution in [0.25, 0.3) is 0 Å². The van der Waals surface area contributed by atoms with Gasteiger partial charge in [0.15, 0.2) is 0 Å². The smallest absolute Gasteiger partial charge is 0.144 e. The maximum atomic E-state index is 12.3. The van der Waals surface area contributed by atoms with E-state index in [9.17, 15) is 4.21 Å². The molecule has 0 N–H and O–H groups in total. The van der Waals surface area contributed by atoms with Crippen LogP contribution in [0.2, 0.25) is 10.0 Å². The average molecular weight is 311 g/mol. The van der Waals surface area contributed by atoms with Crippen molar-refractivity contribution in [1.82, 2.24) is 4.98 Å². The quantitative estimate of drug-likeness (QED) is 0.871. The highest BCUT2D eigenvalue weighted by Gasteiger charge is 2.15. The fraction of sp³-hybridized carbons (Fsp3) is 0.0769. The van der Waals surface area contributed by atoms with E-state index in [-0.39, 0.29) is 11.4 Å². The summed E-state index contributed by atoms with van der Waals surface area (Å²) in [6.45, 7) is 0. The van der Waals surface area contributed by atoms with E-state index in [1.807, 2.05) is 6.07 Å². The van der Waals surface area contributed by atoms with Crippen molar-refractivity contribution in [2.45, 2.75) is 10.6 Å². The third-order valence-corrected chi connectivity index (χ3v) is 4.75. The van der Waals surface area contributed by atoms with Crippen molar-refractivity contribution in [3.8, 4) is 6.07 Å². The lowest BCUT2D eigenvalue weighted by molar-refractivity contribution is 0.682. The number of benzene rings is 1. The lowest BCUT2D eigenvalue weighted by Crippen LogP contribution is -2.01. The first-order valence-electron chi connectivity index (χ1n) is 5.30. The minimum absolute atomic E-state index is 0.153. The SMILES string of the molecule is N#Cc1ncccc1CS(=O)c1c(Cl)cccc1Cl. The molecule has 0 amide bonds. The van der Waals surface area contributed by atoms with Gasteiger partial charge in [-0.3, -0.25) is 4.21 Å². The second-order valence-electron chi connectivity index (χ2n) is 3.66. The van der Waals surface area contributed by atoms with Gasteiger partial charge in [-0.05, 0) is 18.2 Å². The molecule has 1 heterocycles. The van der Waals surface area contributed by atoms with Gasteiger partial charge in [0.25, 0.3) is 0 Å². The first-order valence-corrected chi connectivity index (χ1v) is 7.37. The summed E-state index contributed by atoms with van der Waals surface area (Å²) in [7, 11) is -1.42. The lowest BCUT2D eigenvalue weighted by Gasteiger charge is -2.07. The predicted octanol–water partition coefficient (Wildman–Crippen LogP) is 3.57. The molecule has 0 aliphatic carbocycles. The molecule has 96 valence electrons. The summed E-state index contributed by atoms with van der Waals surface area (Å²) in [6, 6.07) is 10.3. The van der Waals surface area contributed by atoms with E-state index >= 15 is 0 Å². The summed E-state index contributed by atoms with van der Waals surface area (Å²) in [5, 5.41) is 9.66. The predicted molar refractivity (Wildman–Crippen MR) is 75.5 cm³/mol. The van der Waals surface area contributed by atoms with Gasteiger partial charge in [0.05, 0.1) is 31.5 Å². The van der Waals surface area contributed by atoms with Gasteiger partial charge in [-0.25, -0.2) is 4.98 Å². The van der Waals surface area contributed by atoms with Gasteiger partial charge >= 0.3 is 0 Å². The van der Waals surface area contributed by atoms with Gasteiger partial charge in [-0.15, -0.1) is 0 Å². The number of nitriles is 1. The van der Waals surface area contributed by atoms with Crippen LogP contribution in [0.3, 0.4) is 0 Å². The fourth-order valence-electron chi connectivity index (χ4n) is 1.57. The molecular weight excluding hydrogens is 303 g/mol. The van der Waals surface area contributed by atoms with Crippen molar-refractivity contribution < 1.29 is 4.21 Å². The molecule has 0 saturated heterocycles. The van der Waals surface area contributed by atoms with E-state index in [1.165, 1.54) is 6.20 Å². The maximum absolute atomic E-state index is 12.3. The molecule has 0 aliphatic rings. The summed E-state index contributed by atoms with van der Waals surface area (Å²) in [6.07, 6.45) is 1.52. The number of hydrogen-bond acceptors (Lipinski definition) is 3. The molecule has 0 spiro atoms. The molecule has 0 radical (unpaired) electrons. The summed E-state index contributed by atoms with van der Waals surface area (Å²) in [4.78, 5) is 4.31. The Morgan fingerprint density at radius 1 is 1.21 bits per heavy atom. The highest BCUT2D eigenvalue weighted by molar-refractivity contribution is 7.84. The second-order valence-corrected chi connectivity index (χ2v) is 5.87. The Bertz CT molecular complexity index is 662. The molecule has 1 aromatic heterocycles. The van der Waals surface area contributed by atoms with E-state index in [0.29, 0.717) is 20.5 Å². The van der Waals surface area contributed by atoms with Crippen LogP contribution in [-0.4, -0.2) is 9.19 Å². The number of hydrogen-bond donors (Lipinski definition) is 0. The third-order valence-electron chi connectivity index (χ3n) is 2.43. The molecule has 6 heteroatoms. The van der Waals surface area contributed by atoms with Crippen molar-refractivity contribution >= 4 is 34.0 Å². The van der Waals surface area contributed by atoms with E-state index in [0.717, 1.165) is 0 Å². The molecule has 1 aromatic carbocycles.